The van der Waals surface area contributed by atoms with Gasteiger partial charge in [0.1, 0.15) is 5.75 Å². The number of ether oxygens (including phenoxy) is 1. The molecule has 2 rings (SSSR count). The third-order valence-electron chi connectivity index (χ3n) is 3.93. The predicted octanol–water partition coefficient (Wildman–Crippen LogP) is 3.89. The average Bonchev–Trinajstić information content (AvgIpc) is 2.50. The van der Waals surface area contributed by atoms with Crippen LogP contribution in [0.25, 0.3) is 0 Å². The molecule has 0 amide bonds. The van der Waals surface area contributed by atoms with Crippen molar-refractivity contribution in [3.05, 3.63) is 65.2 Å². The normalized spacial score (nSPS) is 13.7. The lowest BCUT2D eigenvalue weighted by molar-refractivity contribution is 0.204. The van der Waals surface area contributed by atoms with Crippen LogP contribution in [0.3, 0.4) is 0 Å². The Hall–Kier alpha value is -1.80. The maximum Gasteiger partial charge on any atom is 0.119 e. The van der Waals surface area contributed by atoms with Crippen LogP contribution in [-0.4, -0.2) is 18.3 Å². The van der Waals surface area contributed by atoms with Crippen LogP contribution in [0.4, 0.5) is 0 Å². The van der Waals surface area contributed by atoms with Gasteiger partial charge in [0, 0.05) is 5.41 Å². The minimum absolute atomic E-state index is 0.128. The first kappa shape index (κ1) is 15.6. The molecule has 2 aromatic rings. The number of aliphatic hydroxyl groups excluding tert-OH is 1. The quantitative estimate of drug-likeness (QED) is 0.872. The van der Waals surface area contributed by atoms with E-state index in [-0.39, 0.29) is 12.0 Å². The molecule has 0 radical (unpaired) electrons. The summed E-state index contributed by atoms with van der Waals surface area (Å²) in [5, 5.41) is 9.88. The van der Waals surface area contributed by atoms with E-state index in [9.17, 15) is 5.11 Å². The fourth-order valence-corrected chi connectivity index (χ4v) is 2.53. The maximum absolute atomic E-state index is 9.88. The van der Waals surface area contributed by atoms with Crippen molar-refractivity contribution in [3.63, 3.8) is 0 Å². The number of aryl methyl sites for hydroxylation is 1. The number of hydrogen-bond donors (Lipinski definition) is 1. The number of hydrogen-bond acceptors (Lipinski definition) is 2. The Morgan fingerprint density at radius 1 is 1.00 bits per heavy atom. The summed E-state index contributed by atoms with van der Waals surface area (Å²) in [4.78, 5) is 0. The molecule has 0 aliphatic rings. The Kier molecular flexibility index (Phi) is 5.03. The van der Waals surface area contributed by atoms with Gasteiger partial charge in [0.2, 0.25) is 0 Å². The van der Waals surface area contributed by atoms with E-state index in [0.717, 1.165) is 12.2 Å². The Bertz CT molecular complexity index is 557. The Balaban J connectivity index is 2.19. The zero-order valence-electron chi connectivity index (χ0n) is 13.1. The molecule has 1 unspecified atom stereocenters. The van der Waals surface area contributed by atoms with Gasteiger partial charge in [-0.05, 0) is 43.5 Å². The third-order valence-corrected chi connectivity index (χ3v) is 3.93. The summed E-state index contributed by atoms with van der Waals surface area (Å²) in [7, 11) is 0. The van der Waals surface area contributed by atoms with E-state index in [1.165, 1.54) is 16.7 Å². The van der Waals surface area contributed by atoms with Crippen LogP contribution in [0.15, 0.2) is 48.5 Å². The lowest BCUT2D eigenvalue weighted by atomic mass is 9.78. The average molecular weight is 284 g/mol. The molecule has 0 bridgehead atoms. The van der Waals surface area contributed by atoms with Crippen molar-refractivity contribution in [1.82, 2.24) is 0 Å². The van der Waals surface area contributed by atoms with Crippen LogP contribution in [0, 0.1) is 6.92 Å². The van der Waals surface area contributed by atoms with Crippen molar-refractivity contribution < 1.29 is 9.84 Å². The van der Waals surface area contributed by atoms with Crippen molar-refractivity contribution >= 4 is 0 Å². The lowest BCUT2D eigenvalue weighted by Gasteiger charge is -2.28. The first-order chi connectivity index (χ1) is 10.1. The molecule has 1 N–H and O–H groups in total. The van der Waals surface area contributed by atoms with Gasteiger partial charge in [0.25, 0.3) is 0 Å². The van der Waals surface area contributed by atoms with Crippen LogP contribution >= 0.6 is 0 Å². The van der Waals surface area contributed by atoms with Gasteiger partial charge in [0.05, 0.1) is 13.2 Å². The molecule has 0 aliphatic carbocycles. The summed E-state index contributed by atoms with van der Waals surface area (Å²) >= 11 is 0. The highest BCUT2D eigenvalue weighted by Gasteiger charge is 2.26. The fourth-order valence-electron chi connectivity index (χ4n) is 2.53. The summed E-state index contributed by atoms with van der Waals surface area (Å²) in [5.41, 5.74) is 3.35. The molecule has 2 nitrogen and oxygen atoms in total. The molecule has 1 atom stereocenters. The smallest absolute Gasteiger partial charge is 0.119 e. The minimum atomic E-state index is -0.263. The van der Waals surface area contributed by atoms with E-state index in [4.69, 9.17) is 4.74 Å². The van der Waals surface area contributed by atoms with Crippen molar-refractivity contribution in [2.24, 2.45) is 0 Å². The summed E-state index contributed by atoms with van der Waals surface area (Å²) in [5.74, 6) is 0.891. The van der Waals surface area contributed by atoms with Gasteiger partial charge < -0.3 is 9.84 Å². The molecule has 0 saturated heterocycles. The lowest BCUT2D eigenvalue weighted by Crippen LogP contribution is -2.29. The second kappa shape index (κ2) is 6.77. The van der Waals surface area contributed by atoms with E-state index < -0.39 is 0 Å². The van der Waals surface area contributed by atoms with Gasteiger partial charge in [-0.2, -0.15) is 0 Å². The van der Waals surface area contributed by atoms with Crippen LogP contribution in [-0.2, 0) is 11.8 Å². The molecule has 2 aromatic carbocycles. The third kappa shape index (κ3) is 3.85. The van der Waals surface area contributed by atoms with Gasteiger partial charge in [-0.15, -0.1) is 0 Å². The van der Waals surface area contributed by atoms with Crippen LogP contribution < -0.4 is 4.74 Å². The maximum atomic E-state index is 9.88. The number of benzene rings is 2. The van der Waals surface area contributed by atoms with E-state index in [1.807, 2.05) is 19.1 Å². The molecule has 0 fully saturated rings. The second-order valence-electron chi connectivity index (χ2n) is 5.84. The molecule has 21 heavy (non-hydrogen) atoms. The Morgan fingerprint density at radius 3 is 2.14 bits per heavy atom. The van der Waals surface area contributed by atoms with Gasteiger partial charge >= 0.3 is 0 Å². The highest BCUT2D eigenvalue weighted by Crippen LogP contribution is 2.28. The fraction of sp³-hybridized carbons (Fsp3) is 0.368. The molecule has 0 spiro atoms. The molecule has 2 heteroatoms. The number of aliphatic hydroxyl groups is 1. The van der Waals surface area contributed by atoms with Crippen LogP contribution in [0.2, 0.25) is 0 Å². The summed E-state index contributed by atoms with van der Waals surface area (Å²) in [6, 6.07) is 16.6. The summed E-state index contributed by atoms with van der Waals surface area (Å²) in [6.07, 6.45) is 0.805. The van der Waals surface area contributed by atoms with Gasteiger partial charge in [-0.25, -0.2) is 0 Å². The van der Waals surface area contributed by atoms with E-state index in [0.29, 0.717) is 6.61 Å². The predicted molar refractivity (Wildman–Crippen MR) is 86.9 cm³/mol. The van der Waals surface area contributed by atoms with Crippen LogP contribution in [0.5, 0.6) is 5.75 Å². The highest BCUT2D eigenvalue weighted by atomic mass is 16.5. The van der Waals surface area contributed by atoms with Gasteiger partial charge in [-0.3, -0.25) is 0 Å². The van der Waals surface area contributed by atoms with Crippen molar-refractivity contribution in [3.8, 4) is 5.75 Å². The Labute approximate surface area is 127 Å². The molecular weight excluding hydrogens is 260 g/mol. The summed E-state index contributed by atoms with van der Waals surface area (Å²) < 4.78 is 5.47. The molecule has 0 heterocycles. The second-order valence-corrected chi connectivity index (χ2v) is 5.84. The van der Waals surface area contributed by atoms with Crippen molar-refractivity contribution in [2.75, 3.05) is 13.2 Å². The zero-order chi connectivity index (χ0) is 15.3. The minimum Gasteiger partial charge on any atom is -0.494 e. The van der Waals surface area contributed by atoms with Crippen molar-refractivity contribution in [2.45, 2.75) is 32.6 Å². The van der Waals surface area contributed by atoms with E-state index in [2.05, 4.69) is 50.2 Å². The van der Waals surface area contributed by atoms with Crippen molar-refractivity contribution in [1.29, 1.82) is 0 Å². The largest absolute Gasteiger partial charge is 0.494 e. The molecular formula is C19H24O2. The van der Waals surface area contributed by atoms with Gasteiger partial charge in [-0.1, -0.05) is 48.9 Å². The first-order valence-corrected chi connectivity index (χ1v) is 7.47. The van der Waals surface area contributed by atoms with E-state index >= 15 is 0 Å². The SMILES string of the molecule is CCOc1ccc(CC(C)(CO)c2ccc(C)cc2)cc1. The molecule has 0 aliphatic heterocycles. The van der Waals surface area contributed by atoms with Gasteiger partial charge in [0.15, 0.2) is 0 Å². The highest BCUT2D eigenvalue weighted by molar-refractivity contribution is 5.33. The number of rotatable bonds is 6. The summed E-state index contributed by atoms with van der Waals surface area (Å²) in [6.45, 7) is 6.97. The monoisotopic (exact) mass is 284 g/mol. The molecule has 112 valence electrons. The van der Waals surface area contributed by atoms with E-state index in [1.54, 1.807) is 0 Å². The zero-order valence-corrected chi connectivity index (χ0v) is 13.1. The molecule has 0 saturated carbocycles. The molecule has 0 aromatic heterocycles. The standard InChI is InChI=1S/C19H24O2/c1-4-21-18-11-7-16(8-12-18)13-19(3,14-20)17-9-5-15(2)6-10-17/h5-12,20H,4,13-14H2,1-3H3. The topological polar surface area (TPSA) is 29.5 Å². The Morgan fingerprint density at radius 2 is 1.62 bits per heavy atom. The van der Waals surface area contributed by atoms with Crippen LogP contribution in [0.1, 0.15) is 30.5 Å². The first-order valence-electron chi connectivity index (χ1n) is 7.47.